The van der Waals surface area contributed by atoms with Gasteiger partial charge in [0.15, 0.2) is 0 Å². The van der Waals surface area contributed by atoms with Crippen LogP contribution in [0.1, 0.15) is 24.2 Å². The highest BCUT2D eigenvalue weighted by Gasteiger charge is 2.34. The summed E-state index contributed by atoms with van der Waals surface area (Å²) >= 11 is 0. The lowest BCUT2D eigenvalue weighted by Crippen LogP contribution is -2.50. The van der Waals surface area contributed by atoms with E-state index in [1.807, 2.05) is 18.2 Å². The largest absolute Gasteiger partial charge is 0.467 e. The van der Waals surface area contributed by atoms with Crippen molar-refractivity contribution < 1.29 is 14.3 Å². The van der Waals surface area contributed by atoms with Crippen molar-refractivity contribution in [3.63, 3.8) is 0 Å². The maximum absolute atomic E-state index is 12.1. The van der Waals surface area contributed by atoms with Crippen LogP contribution in [0.4, 0.5) is 4.79 Å². The summed E-state index contributed by atoms with van der Waals surface area (Å²) < 4.78 is 5.20. The van der Waals surface area contributed by atoms with Crippen molar-refractivity contribution in [1.82, 2.24) is 15.6 Å². The van der Waals surface area contributed by atoms with Gasteiger partial charge in [-0.1, -0.05) is 0 Å². The van der Waals surface area contributed by atoms with E-state index in [0.29, 0.717) is 18.2 Å². The maximum atomic E-state index is 12.1. The lowest BCUT2D eigenvalue weighted by atomic mass is 9.75. The van der Waals surface area contributed by atoms with Crippen LogP contribution in [0.15, 0.2) is 47.3 Å². The SMILES string of the molecule is O=C(NCc1ccco1)N[C@H](Cc1ccncc1)C1CC(O)C1. The summed E-state index contributed by atoms with van der Waals surface area (Å²) in [5.74, 6) is 1.01. The highest BCUT2D eigenvalue weighted by Crippen LogP contribution is 2.31. The summed E-state index contributed by atoms with van der Waals surface area (Å²) in [6.45, 7) is 0.355. The van der Waals surface area contributed by atoms with E-state index < -0.39 is 0 Å². The molecule has 0 saturated heterocycles. The van der Waals surface area contributed by atoms with E-state index >= 15 is 0 Å². The van der Waals surface area contributed by atoms with Gasteiger partial charge in [-0.15, -0.1) is 0 Å². The van der Waals surface area contributed by atoms with Gasteiger partial charge in [0.2, 0.25) is 0 Å². The second kappa shape index (κ2) is 7.28. The number of hydrogen-bond donors (Lipinski definition) is 3. The second-order valence-electron chi connectivity index (χ2n) is 5.96. The molecule has 6 heteroatoms. The third-order valence-corrected chi connectivity index (χ3v) is 4.24. The zero-order chi connectivity index (χ0) is 16.1. The Morgan fingerprint density at radius 2 is 2.13 bits per heavy atom. The van der Waals surface area contributed by atoms with Crippen molar-refractivity contribution >= 4 is 6.03 Å². The Hall–Kier alpha value is -2.34. The fraction of sp³-hybridized carbons (Fsp3) is 0.412. The van der Waals surface area contributed by atoms with Gasteiger partial charge in [-0.25, -0.2) is 4.79 Å². The summed E-state index contributed by atoms with van der Waals surface area (Å²) in [6, 6.07) is 7.28. The molecule has 1 aliphatic carbocycles. The summed E-state index contributed by atoms with van der Waals surface area (Å²) in [5.41, 5.74) is 1.12. The van der Waals surface area contributed by atoms with Gasteiger partial charge < -0.3 is 20.2 Å². The highest BCUT2D eigenvalue weighted by atomic mass is 16.3. The monoisotopic (exact) mass is 315 g/mol. The molecule has 2 amide bonds. The van der Waals surface area contributed by atoms with Crippen molar-refractivity contribution in [2.24, 2.45) is 5.92 Å². The molecule has 1 fully saturated rings. The second-order valence-corrected chi connectivity index (χ2v) is 5.96. The first-order valence-electron chi connectivity index (χ1n) is 7.84. The number of hydrogen-bond acceptors (Lipinski definition) is 4. The van der Waals surface area contributed by atoms with Gasteiger partial charge in [0.25, 0.3) is 0 Å². The molecular weight excluding hydrogens is 294 g/mol. The fourth-order valence-electron chi connectivity index (χ4n) is 2.87. The molecule has 2 aromatic rings. The molecule has 0 spiro atoms. The number of aliphatic hydroxyl groups excluding tert-OH is 1. The number of carbonyl (C=O) groups is 1. The molecule has 2 heterocycles. The number of nitrogens with one attached hydrogen (secondary N) is 2. The molecule has 1 atom stereocenters. The minimum absolute atomic E-state index is 0.00241. The Balaban J connectivity index is 1.55. The summed E-state index contributed by atoms with van der Waals surface area (Å²) in [7, 11) is 0. The smallest absolute Gasteiger partial charge is 0.315 e. The maximum Gasteiger partial charge on any atom is 0.315 e. The molecule has 0 radical (unpaired) electrons. The molecule has 0 aromatic carbocycles. The number of nitrogens with zero attached hydrogens (tertiary/aromatic N) is 1. The Labute approximate surface area is 134 Å². The summed E-state index contributed by atoms with van der Waals surface area (Å²) in [6.07, 6.45) is 7.03. The Bertz CT molecular complexity index is 609. The summed E-state index contributed by atoms with van der Waals surface area (Å²) in [5, 5.41) is 15.4. The number of pyridine rings is 1. The number of furan rings is 1. The quantitative estimate of drug-likeness (QED) is 0.759. The molecule has 23 heavy (non-hydrogen) atoms. The number of rotatable bonds is 6. The van der Waals surface area contributed by atoms with E-state index in [-0.39, 0.29) is 18.2 Å². The van der Waals surface area contributed by atoms with Gasteiger partial charge in [0.1, 0.15) is 5.76 Å². The van der Waals surface area contributed by atoms with Crippen molar-refractivity contribution in [3.05, 3.63) is 54.2 Å². The van der Waals surface area contributed by atoms with E-state index in [0.717, 1.165) is 24.8 Å². The third kappa shape index (κ3) is 4.32. The minimum atomic E-state index is -0.243. The van der Waals surface area contributed by atoms with Crippen LogP contribution in [-0.2, 0) is 13.0 Å². The molecule has 3 rings (SSSR count). The standard InChI is InChI=1S/C17H21N3O3/c21-14-9-13(10-14)16(8-12-3-5-18-6-4-12)20-17(22)19-11-15-2-1-7-23-15/h1-7,13-14,16,21H,8-11H2,(H2,19,20,22)/t13?,14?,16-/m1/s1. The van der Waals surface area contributed by atoms with Crippen LogP contribution in [0, 0.1) is 5.92 Å². The minimum Gasteiger partial charge on any atom is -0.467 e. The highest BCUT2D eigenvalue weighted by molar-refractivity contribution is 5.74. The first-order valence-corrected chi connectivity index (χ1v) is 7.84. The number of urea groups is 1. The first kappa shape index (κ1) is 15.6. The van der Waals surface area contributed by atoms with Gasteiger partial charge in [-0.05, 0) is 55.0 Å². The molecule has 0 aliphatic heterocycles. The van der Waals surface area contributed by atoms with E-state index in [2.05, 4.69) is 15.6 Å². The molecule has 2 aromatic heterocycles. The van der Waals surface area contributed by atoms with Crippen LogP contribution in [0.25, 0.3) is 0 Å². The van der Waals surface area contributed by atoms with E-state index in [4.69, 9.17) is 4.42 Å². The topological polar surface area (TPSA) is 87.4 Å². The van der Waals surface area contributed by atoms with Crippen LogP contribution in [0.3, 0.4) is 0 Å². The predicted octanol–water partition coefficient (Wildman–Crippen LogP) is 1.86. The molecule has 1 saturated carbocycles. The molecule has 122 valence electrons. The lowest BCUT2D eigenvalue weighted by Gasteiger charge is -2.38. The Morgan fingerprint density at radius 1 is 1.35 bits per heavy atom. The van der Waals surface area contributed by atoms with Gasteiger partial charge >= 0.3 is 6.03 Å². The van der Waals surface area contributed by atoms with Gasteiger partial charge in [0, 0.05) is 18.4 Å². The first-order chi connectivity index (χ1) is 11.2. The average Bonchev–Trinajstić information content (AvgIpc) is 3.04. The number of aromatic nitrogens is 1. The van der Waals surface area contributed by atoms with Gasteiger partial charge in [-0.2, -0.15) is 0 Å². The number of carbonyl (C=O) groups excluding carboxylic acids is 1. The molecule has 6 nitrogen and oxygen atoms in total. The van der Waals surface area contributed by atoms with E-state index in [1.165, 1.54) is 0 Å². The predicted molar refractivity (Wildman–Crippen MR) is 84.5 cm³/mol. The number of amides is 2. The van der Waals surface area contributed by atoms with Crippen LogP contribution >= 0.6 is 0 Å². The normalized spacial score (nSPS) is 21.3. The number of aliphatic hydroxyl groups is 1. The molecule has 0 bridgehead atoms. The van der Waals surface area contributed by atoms with Crippen LogP contribution in [0.2, 0.25) is 0 Å². The van der Waals surface area contributed by atoms with Crippen molar-refractivity contribution in [2.75, 3.05) is 0 Å². The Morgan fingerprint density at radius 3 is 2.78 bits per heavy atom. The van der Waals surface area contributed by atoms with E-state index in [1.54, 1.807) is 24.7 Å². The van der Waals surface area contributed by atoms with Crippen LogP contribution in [-0.4, -0.2) is 28.3 Å². The Kier molecular flexibility index (Phi) is 4.92. The summed E-state index contributed by atoms with van der Waals surface area (Å²) in [4.78, 5) is 16.1. The van der Waals surface area contributed by atoms with Crippen LogP contribution in [0.5, 0.6) is 0 Å². The molecular formula is C17H21N3O3. The fourth-order valence-corrected chi connectivity index (χ4v) is 2.87. The lowest BCUT2D eigenvalue weighted by molar-refractivity contribution is 0.0263. The van der Waals surface area contributed by atoms with Crippen molar-refractivity contribution in [1.29, 1.82) is 0 Å². The van der Waals surface area contributed by atoms with Crippen molar-refractivity contribution in [2.45, 2.75) is 38.0 Å². The average molecular weight is 315 g/mol. The zero-order valence-corrected chi connectivity index (χ0v) is 12.8. The molecule has 3 N–H and O–H groups in total. The molecule has 1 aliphatic rings. The third-order valence-electron chi connectivity index (χ3n) is 4.24. The van der Waals surface area contributed by atoms with Gasteiger partial charge in [0.05, 0.1) is 18.9 Å². The zero-order valence-electron chi connectivity index (χ0n) is 12.8. The van der Waals surface area contributed by atoms with Gasteiger partial charge in [-0.3, -0.25) is 4.98 Å². The molecule has 0 unspecified atom stereocenters. The van der Waals surface area contributed by atoms with Crippen LogP contribution < -0.4 is 10.6 Å². The van der Waals surface area contributed by atoms with Crippen molar-refractivity contribution in [3.8, 4) is 0 Å². The van der Waals surface area contributed by atoms with E-state index in [9.17, 15) is 9.90 Å².